The number of carbonyl (C=O) groups is 1. The number of aliphatic hydroxyl groups is 1. The fourth-order valence-corrected chi connectivity index (χ4v) is 13.0. The number of carboxylic acid groups (broad SMARTS) is 1. The minimum atomic E-state index is -0.966. The summed E-state index contributed by atoms with van der Waals surface area (Å²) in [5.41, 5.74) is 13.8. The van der Waals surface area contributed by atoms with Gasteiger partial charge < -0.3 is 25.2 Å². The summed E-state index contributed by atoms with van der Waals surface area (Å²) in [4.78, 5) is 70.6. The van der Waals surface area contributed by atoms with Crippen molar-refractivity contribution in [3.63, 3.8) is 0 Å². The van der Waals surface area contributed by atoms with Crippen molar-refractivity contribution in [1.29, 1.82) is 15.8 Å². The Bertz CT molecular complexity index is 5610. The zero-order valence-electron chi connectivity index (χ0n) is 54.4. The van der Waals surface area contributed by atoms with E-state index in [0.29, 0.717) is 72.3 Å². The van der Waals surface area contributed by atoms with Crippen LogP contribution < -0.4 is 16.7 Å². The molecule has 0 atom stereocenters. The van der Waals surface area contributed by atoms with Crippen LogP contribution in [0.25, 0.3) is 78.5 Å². The van der Waals surface area contributed by atoms with Crippen molar-refractivity contribution < 1.29 is 15.0 Å². The number of aromatic amines is 3. The van der Waals surface area contributed by atoms with Gasteiger partial charge in [0, 0.05) is 33.9 Å². The summed E-state index contributed by atoms with van der Waals surface area (Å²) >= 11 is 4.17. The molecule has 0 bridgehead atoms. The van der Waals surface area contributed by atoms with E-state index in [2.05, 4.69) is 50.5 Å². The minimum absolute atomic E-state index is 0.00811. The third kappa shape index (κ3) is 17.8. The fraction of sp³-hybridized carbons (Fsp3) is 0.0633. The molecule has 14 rings (SSSR count). The van der Waals surface area contributed by atoms with Crippen LogP contribution in [-0.2, 0) is 35.1 Å². The molecule has 5 aromatic heterocycles. The maximum absolute atomic E-state index is 12.7. The average Bonchev–Trinajstić information content (AvgIpc) is 1.34. The van der Waals surface area contributed by atoms with Crippen molar-refractivity contribution >= 4 is 41.3 Å². The van der Waals surface area contributed by atoms with Crippen molar-refractivity contribution in [1.82, 2.24) is 59.9 Å². The minimum Gasteiger partial charge on any atom is -0.481 e. The highest BCUT2D eigenvalue weighted by atomic mass is 32.2. The third-order valence-electron chi connectivity index (χ3n) is 15.7. The molecule has 0 aliphatic carbocycles. The molecule has 0 aliphatic heterocycles. The van der Waals surface area contributed by atoms with Crippen LogP contribution in [0.15, 0.2) is 285 Å². The van der Waals surface area contributed by atoms with E-state index >= 15 is 0 Å². The van der Waals surface area contributed by atoms with E-state index in [1.54, 1.807) is 17.1 Å². The number of benzene rings is 9. The lowest BCUT2D eigenvalue weighted by Gasteiger charge is -2.09. The Morgan fingerprint density at radius 2 is 0.709 bits per heavy atom. The Hall–Kier alpha value is -13.2. The molecule has 502 valence electrons. The number of aromatic nitrogens is 12. The van der Waals surface area contributed by atoms with Gasteiger partial charge in [0.15, 0.2) is 15.5 Å². The topological polar surface area (TPSA) is 328 Å². The van der Waals surface area contributed by atoms with E-state index < -0.39 is 22.6 Å². The number of carboxylic acids is 1. The average molecular weight is 1410 g/mol. The van der Waals surface area contributed by atoms with Crippen molar-refractivity contribution in [3.8, 4) is 96.7 Å². The number of hydrogen-bond acceptors (Lipinski definition) is 18. The Morgan fingerprint density at radius 1 is 0.388 bits per heavy atom. The number of aliphatic hydroxyl groups excluding tert-OH is 1. The van der Waals surface area contributed by atoms with Crippen LogP contribution in [-0.4, -0.2) is 76.1 Å². The van der Waals surface area contributed by atoms with Crippen LogP contribution in [0.4, 0.5) is 0 Å². The maximum Gasteiger partial charge on any atom is 0.309 e. The van der Waals surface area contributed by atoms with Gasteiger partial charge in [-0.05, 0) is 80.4 Å². The first-order valence-corrected chi connectivity index (χ1v) is 34.7. The second-order valence-corrected chi connectivity index (χ2v) is 25.6. The van der Waals surface area contributed by atoms with E-state index in [-0.39, 0.29) is 29.7 Å². The molecule has 14 aromatic rings. The van der Waals surface area contributed by atoms with Crippen LogP contribution >= 0.6 is 35.3 Å². The number of hydrogen-bond donors (Lipinski definition) is 5. The molecule has 24 heteroatoms. The van der Waals surface area contributed by atoms with Gasteiger partial charge in [-0.15, -0.1) is 10.2 Å². The number of aliphatic carboxylic acids is 1. The second-order valence-electron chi connectivity index (χ2n) is 22.7. The lowest BCUT2D eigenvalue weighted by atomic mass is 10.0. The lowest BCUT2D eigenvalue weighted by Crippen LogP contribution is -2.14. The molecule has 0 saturated carbocycles. The summed E-state index contributed by atoms with van der Waals surface area (Å²) in [5, 5.41) is 63.8. The van der Waals surface area contributed by atoms with Crippen molar-refractivity contribution in [3.05, 3.63) is 331 Å². The third-order valence-corrected chi connectivity index (χ3v) is 18.6. The molecule has 0 spiro atoms. The van der Waals surface area contributed by atoms with Crippen molar-refractivity contribution in [2.75, 3.05) is 0 Å². The molecule has 5 heterocycles. The normalized spacial score (nSPS) is 10.7. The van der Waals surface area contributed by atoms with Gasteiger partial charge in [-0.25, -0.2) is 24.3 Å². The van der Waals surface area contributed by atoms with Gasteiger partial charge in [-0.3, -0.25) is 19.2 Å². The summed E-state index contributed by atoms with van der Waals surface area (Å²) in [6.07, 6.45) is 3.06. The number of rotatable bonds is 20. The van der Waals surface area contributed by atoms with Crippen molar-refractivity contribution in [2.24, 2.45) is 0 Å². The van der Waals surface area contributed by atoms with Crippen LogP contribution in [0.1, 0.15) is 44.8 Å². The van der Waals surface area contributed by atoms with Gasteiger partial charge in [0.25, 0.3) is 16.7 Å². The Labute approximate surface area is 601 Å². The van der Waals surface area contributed by atoms with Gasteiger partial charge in [-0.2, -0.15) is 15.8 Å². The second kappa shape index (κ2) is 33.6. The summed E-state index contributed by atoms with van der Waals surface area (Å²) in [7, 11) is 0. The SMILES string of the molecule is N#Cc1c(-c2ccc(-c3ccccc3)cc2)nc(SCc2ccc(-n3cc(CC(=O)O)nn3)cc2)[nH]c1=O.N#Cc1c(-c2ccc(-c3ccccc3)cc2)nc(SCc2ccc(-n3cc(CO)nn3)cc2)[nH]c1=O.N#Cc1c(-c2cccc(-c3ccccc3)c2)nc(SCc2ccccc2)[nH]c1=O. The zero-order chi connectivity index (χ0) is 71.4. The van der Waals surface area contributed by atoms with Crippen molar-refractivity contribution in [2.45, 2.75) is 45.8 Å². The Kier molecular flexibility index (Phi) is 22.8. The molecule has 103 heavy (non-hydrogen) atoms. The lowest BCUT2D eigenvalue weighted by molar-refractivity contribution is -0.136. The molecule has 21 nitrogen and oxygen atoms in total. The van der Waals surface area contributed by atoms with Gasteiger partial charge in [0.1, 0.15) is 40.6 Å². The van der Waals surface area contributed by atoms with Gasteiger partial charge in [0.2, 0.25) is 0 Å². The van der Waals surface area contributed by atoms with E-state index in [9.17, 15) is 35.0 Å². The predicted molar refractivity (Wildman–Crippen MR) is 396 cm³/mol. The Balaban J connectivity index is 0.000000147. The quantitative estimate of drug-likeness (QED) is 0.0349. The first-order chi connectivity index (χ1) is 50.4. The standard InChI is InChI=1S/C28H20N6O3S.C27H20N6O2S.C24H17N3OS/c29-15-24-26(21-10-8-20(9-11-21)19-4-2-1-3-5-19)30-28(31-27(24)37)38-17-18-6-12-23(13-7-18)34-16-22(32-33-34)14-25(35)36;28-14-24-25(21-10-8-20(9-11-21)19-4-2-1-3-5-19)29-27(30-26(24)35)36-17-18-6-12-23(13-7-18)33-15-22(16-34)31-32-33;25-15-21-22(20-13-7-12-19(14-20)18-10-5-2-6-11-18)26-24(27-23(21)28)29-16-17-8-3-1-4-9-17/h1-13,16H,14,17H2,(H,35,36)(H,30,31,37);1-13,15,34H,16-17H2,(H,29,30,35);1-14H,16H2,(H,26,27,28). The first-order valence-electron chi connectivity index (χ1n) is 31.8. The number of nitrogens with one attached hydrogen (secondary N) is 3. The highest BCUT2D eigenvalue weighted by Gasteiger charge is 2.19. The van der Waals surface area contributed by atoms with Gasteiger partial charge >= 0.3 is 5.97 Å². The van der Waals surface area contributed by atoms with E-state index in [0.717, 1.165) is 67.0 Å². The number of thioether (sulfide) groups is 3. The summed E-state index contributed by atoms with van der Waals surface area (Å²) < 4.78 is 3.11. The number of nitrogens with zero attached hydrogens (tertiary/aromatic N) is 12. The monoisotopic (exact) mass is 1410 g/mol. The maximum atomic E-state index is 12.7. The molecule has 0 aliphatic rings. The van der Waals surface area contributed by atoms with Crippen LogP contribution in [0.3, 0.4) is 0 Å². The molecule has 9 aromatic carbocycles. The predicted octanol–water partition coefficient (Wildman–Crippen LogP) is 14.1. The molecule has 5 N–H and O–H groups in total. The van der Waals surface area contributed by atoms with Gasteiger partial charge in [0.05, 0.1) is 59.6 Å². The largest absolute Gasteiger partial charge is 0.481 e. The highest BCUT2D eigenvalue weighted by Crippen LogP contribution is 2.32. The summed E-state index contributed by atoms with van der Waals surface area (Å²) in [6, 6.07) is 84.1. The molecule has 0 radical (unpaired) electrons. The molecule has 0 saturated heterocycles. The highest BCUT2D eigenvalue weighted by molar-refractivity contribution is 7.98. The number of H-pyrrole nitrogens is 3. The molecule has 0 amide bonds. The summed E-state index contributed by atoms with van der Waals surface area (Å²) in [6.45, 7) is -0.163. The van der Waals surface area contributed by atoms with E-state index in [1.165, 1.54) is 40.0 Å². The van der Waals surface area contributed by atoms with E-state index in [4.69, 9.17) is 10.2 Å². The van der Waals surface area contributed by atoms with E-state index in [1.807, 2.05) is 261 Å². The van der Waals surface area contributed by atoms with Crippen LogP contribution in [0.5, 0.6) is 0 Å². The fourth-order valence-electron chi connectivity index (χ4n) is 10.6. The summed E-state index contributed by atoms with van der Waals surface area (Å²) in [5.74, 6) is 0.814. The van der Waals surface area contributed by atoms with Crippen LogP contribution in [0.2, 0.25) is 0 Å². The number of nitriles is 3. The molecule has 0 fully saturated rings. The first kappa shape index (κ1) is 69.7. The van der Waals surface area contributed by atoms with Gasteiger partial charge in [-0.1, -0.05) is 258 Å². The molecule has 0 unspecified atom stereocenters. The smallest absolute Gasteiger partial charge is 0.309 e. The molecular formula is C79H57N15O6S3. The van der Waals surface area contributed by atoms with Crippen LogP contribution in [0, 0.1) is 34.0 Å². The Morgan fingerprint density at radius 3 is 1.09 bits per heavy atom. The molecular weight excluding hydrogens is 1350 g/mol. The zero-order valence-corrected chi connectivity index (χ0v) is 56.9.